The van der Waals surface area contributed by atoms with E-state index in [-0.39, 0.29) is 12.3 Å². The number of rotatable bonds is 10. The molecule has 6 nitrogen and oxygen atoms in total. The van der Waals surface area contributed by atoms with Crippen molar-refractivity contribution in [3.05, 3.63) is 11.4 Å². The average Bonchev–Trinajstić information content (AvgIpc) is 2.74. The van der Waals surface area contributed by atoms with Crippen LogP contribution in [0.1, 0.15) is 44.5 Å². The van der Waals surface area contributed by atoms with Gasteiger partial charge in [-0.2, -0.15) is 0 Å². The lowest BCUT2D eigenvalue weighted by Gasteiger charge is -2.09. The number of nitrogens with zero attached hydrogens (tertiary/aromatic N) is 3. The summed E-state index contributed by atoms with van der Waals surface area (Å²) >= 11 is 0. The fourth-order valence-corrected chi connectivity index (χ4v) is 2.06. The van der Waals surface area contributed by atoms with E-state index >= 15 is 0 Å². The third kappa shape index (κ3) is 5.69. The number of aromatic nitrogens is 3. The summed E-state index contributed by atoms with van der Waals surface area (Å²) in [5.74, 6) is 0.246. The molecular weight excluding hydrogens is 256 g/mol. The van der Waals surface area contributed by atoms with Gasteiger partial charge in [0.05, 0.1) is 17.8 Å². The number of carbonyl (C=O) groups is 1. The zero-order chi connectivity index (χ0) is 15.0. The minimum atomic E-state index is -0.359. The largest absolute Gasteiger partial charge is 0.385 e. The lowest BCUT2D eigenvalue weighted by molar-refractivity contribution is -0.117. The lowest BCUT2D eigenvalue weighted by atomic mass is 10.0. The fraction of sp³-hybridized carbons (Fsp3) is 0.786. The number of aryl methyl sites for hydroxylation is 1. The Bertz CT molecular complexity index is 415. The van der Waals surface area contributed by atoms with E-state index in [0.29, 0.717) is 5.92 Å². The number of unbranched alkanes of at least 4 members (excludes halogenated alkanes) is 1. The smallest absolute Gasteiger partial charge is 0.223 e. The molecule has 1 aromatic rings. The van der Waals surface area contributed by atoms with E-state index in [4.69, 9.17) is 10.5 Å². The summed E-state index contributed by atoms with van der Waals surface area (Å²) < 4.78 is 6.95. The molecule has 0 bridgehead atoms. The van der Waals surface area contributed by atoms with Crippen molar-refractivity contribution in [2.24, 2.45) is 11.7 Å². The van der Waals surface area contributed by atoms with Gasteiger partial charge in [-0.1, -0.05) is 19.1 Å². The molecule has 6 heteroatoms. The molecule has 0 saturated carbocycles. The number of carbonyl (C=O) groups excluding carboxylic acids is 1. The number of amides is 1. The number of hydrogen-bond donors (Lipinski definition) is 1. The van der Waals surface area contributed by atoms with Gasteiger partial charge in [0.25, 0.3) is 0 Å². The van der Waals surface area contributed by atoms with E-state index in [1.54, 1.807) is 7.11 Å². The van der Waals surface area contributed by atoms with Crippen molar-refractivity contribution >= 4 is 5.91 Å². The number of ether oxygens (including phenoxy) is 1. The average molecular weight is 282 g/mol. The first-order chi connectivity index (χ1) is 9.54. The second-order valence-corrected chi connectivity index (χ2v) is 5.48. The van der Waals surface area contributed by atoms with Gasteiger partial charge in [0.15, 0.2) is 0 Å². The first-order valence-electron chi connectivity index (χ1n) is 7.23. The van der Waals surface area contributed by atoms with Gasteiger partial charge in [0.1, 0.15) is 0 Å². The summed E-state index contributed by atoms with van der Waals surface area (Å²) in [4.78, 5) is 11.1. The van der Waals surface area contributed by atoms with Crippen LogP contribution in [0.4, 0.5) is 0 Å². The second kappa shape index (κ2) is 8.68. The Hall–Kier alpha value is -1.43. The molecule has 0 aliphatic heterocycles. The Morgan fingerprint density at radius 2 is 2.15 bits per heavy atom. The molecule has 0 atom stereocenters. The number of hydrogen-bond acceptors (Lipinski definition) is 4. The van der Waals surface area contributed by atoms with E-state index in [2.05, 4.69) is 24.2 Å². The molecular formula is C14H26N4O2. The summed E-state index contributed by atoms with van der Waals surface area (Å²) in [5.41, 5.74) is 7.04. The summed E-state index contributed by atoms with van der Waals surface area (Å²) in [6, 6.07) is 0. The zero-order valence-electron chi connectivity index (χ0n) is 12.8. The number of nitrogens with two attached hydrogens (primary N) is 1. The highest BCUT2D eigenvalue weighted by Gasteiger charge is 2.15. The first-order valence-corrected chi connectivity index (χ1v) is 7.23. The predicted molar refractivity (Wildman–Crippen MR) is 77.2 cm³/mol. The van der Waals surface area contributed by atoms with Crippen LogP contribution in [0.3, 0.4) is 0 Å². The molecule has 1 amide bonds. The Morgan fingerprint density at radius 1 is 1.40 bits per heavy atom. The van der Waals surface area contributed by atoms with E-state index < -0.39 is 0 Å². The van der Waals surface area contributed by atoms with Crippen LogP contribution in [0.2, 0.25) is 0 Å². The molecule has 0 saturated heterocycles. The van der Waals surface area contributed by atoms with E-state index in [1.807, 2.05) is 4.68 Å². The molecule has 1 heterocycles. The third-order valence-corrected chi connectivity index (χ3v) is 3.19. The monoisotopic (exact) mass is 282 g/mol. The Balaban J connectivity index is 2.70. The highest BCUT2D eigenvalue weighted by molar-refractivity contribution is 5.76. The highest BCUT2D eigenvalue weighted by atomic mass is 16.5. The lowest BCUT2D eigenvalue weighted by Crippen LogP contribution is -2.16. The standard InChI is InChI=1S/C14H26N4O2/c1-11(2)6-7-13-12(10-14(15)19)16-17-18(13)8-4-5-9-20-3/h11H,4-10H2,1-3H3,(H2,15,19). The minimum Gasteiger partial charge on any atom is -0.385 e. The van der Waals surface area contributed by atoms with Crippen molar-refractivity contribution < 1.29 is 9.53 Å². The van der Waals surface area contributed by atoms with Gasteiger partial charge in [0, 0.05) is 20.3 Å². The maximum absolute atomic E-state index is 11.1. The van der Waals surface area contributed by atoms with Crippen molar-refractivity contribution in [3.8, 4) is 0 Å². The van der Waals surface area contributed by atoms with Gasteiger partial charge < -0.3 is 10.5 Å². The Morgan fingerprint density at radius 3 is 2.75 bits per heavy atom. The topological polar surface area (TPSA) is 83.0 Å². The maximum Gasteiger partial charge on any atom is 0.223 e. The van der Waals surface area contributed by atoms with E-state index in [0.717, 1.165) is 50.2 Å². The van der Waals surface area contributed by atoms with E-state index in [1.165, 1.54) is 0 Å². The summed E-state index contributed by atoms with van der Waals surface area (Å²) in [6.07, 6.45) is 4.09. The van der Waals surface area contributed by atoms with Crippen LogP contribution < -0.4 is 5.73 Å². The third-order valence-electron chi connectivity index (χ3n) is 3.19. The molecule has 0 aliphatic carbocycles. The molecule has 1 rings (SSSR count). The molecule has 20 heavy (non-hydrogen) atoms. The molecule has 0 unspecified atom stereocenters. The van der Waals surface area contributed by atoms with E-state index in [9.17, 15) is 4.79 Å². The summed E-state index contributed by atoms with van der Waals surface area (Å²) in [7, 11) is 1.70. The highest BCUT2D eigenvalue weighted by Crippen LogP contribution is 2.13. The van der Waals surface area contributed by atoms with Crippen molar-refractivity contribution in [2.75, 3.05) is 13.7 Å². The predicted octanol–water partition coefficient (Wildman–Crippen LogP) is 1.32. The van der Waals surface area contributed by atoms with Crippen molar-refractivity contribution in [2.45, 2.75) is 52.5 Å². The van der Waals surface area contributed by atoms with Gasteiger partial charge in [-0.3, -0.25) is 4.79 Å². The van der Waals surface area contributed by atoms with Gasteiger partial charge in [0.2, 0.25) is 5.91 Å². The van der Waals surface area contributed by atoms with Crippen LogP contribution in [-0.4, -0.2) is 34.6 Å². The molecule has 114 valence electrons. The number of primary amides is 1. The van der Waals surface area contributed by atoms with Gasteiger partial charge in [-0.25, -0.2) is 4.68 Å². The zero-order valence-corrected chi connectivity index (χ0v) is 12.8. The molecule has 0 aliphatic rings. The van der Waals surface area contributed by atoms with Gasteiger partial charge in [-0.05, 0) is 31.6 Å². The van der Waals surface area contributed by atoms with Crippen LogP contribution in [-0.2, 0) is 28.9 Å². The first kappa shape index (κ1) is 16.6. The van der Waals surface area contributed by atoms with Crippen molar-refractivity contribution in [1.82, 2.24) is 15.0 Å². The van der Waals surface area contributed by atoms with Gasteiger partial charge in [-0.15, -0.1) is 5.10 Å². The normalized spacial score (nSPS) is 11.2. The maximum atomic E-state index is 11.1. The number of methoxy groups -OCH3 is 1. The minimum absolute atomic E-state index is 0.172. The molecule has 0 aromatic carbocycles. The SMILES string of the molecule is COCCCCn1nnc(CC(N)=O)c1CCC(C)C. The second-order valence-electron chi connectivity index (χ2n) is 5.48. The van der Waals surface area contributed by atoms with Crippen LogP contribution in [0.15, 0.2) is 0 Å². The summed E-state index contributed by atoms with van der Waals surface area (Å²) in [6.45, 7) is 5.92. The molecule has 1 aromatic heterocycles. The molecule has 0 radical (unpaired) electrons. The molecule has 2 N–H and O–H groups in total. The van der Waals surface area contributed by atoms with Crippen LogP contribution in [0.5, 0.6) is 0 Å². The summed E-state index contributed by atoms with van der Waals surface area (Å²) in [5, 5.41) is 8.28. The molecule has 0 fully saturated rings. The fourth-order valence-electron chi connectivity index (χ4n) is 2.06. The van der Waals surface area contributed by atoms with Crippen LogP contribution in [0, 0.1) is 5.92 Å². The quantitative estimate of drug-likeness (QED) is 0.656. The van der Waals surface area contributed by atoms with Gasteiger partial charge >= 0.3 is 0 Å². The van der Waals surface area contributed by atoms with Crippen molar-refractivity contribution in [3.63, 3.8) is 0 Å². The van der Waals surface area contributed by atoms with Crippen LogP contribution in [0.25, 0.3) is 0 Å². The Kier molecular flexibility index (Phi) is 7.22. The van der Waals surface area contributed by atoms with Crippen LogP contribution >= 0.6 is 0 Å². The Labute approximate surface area is 120 Å². The molecule has 0 spiro atoms. The van der Waals surface area contributed by atoms with Crippen molar-refractivity contribution in [1.29, 1.82) is 0 Å².